The van der Waals surface area contributed by atoms with Crippen molar-refractivity contribution in [3.05, 3.63) is 59.8 Å². The molecule has 156 valence electrons. The van der Waals surface area contributed by atoms with Crippen molar-refractivity contribution < 1.29 is 23.6 Å². The molecule has 2 N–H and O–H groups in total. The molecule has 0 saturated carbocycles. The minimum atomic E-state index is -0.604. The van der Waals surface area contributed by atoms with Crippen LogP contribution in [0.25, 0.3) is 11.0 Å². The monoisotopic (exact) mass is 409 g/mol. The number of amides is 2. The molecule has 0 aliphatic heterocycles. The fraction of sp³-hybridized carbons (Fsp3) is 0.273. The first-order valence-corrected chi connectivity index (χ1v) is 9.60. The van der Waals surface area contributed by atoms with E-state index >= 15 is 0 Å². The fourth-order valence-corrected chi connectivity index (χ4v) is 2.77. The summed E-state index contributed by atoms with van der Waals surface area (Å²) in [6.45, 7) is 4.03. The van der Waals surface area contributed by atoms with E-state index in [0.717, 1.165) is 5.39 Å². The van der Waals surface area contributed by atoms with Crippen molar-refractivity contribution in [2.45, 2.75) is 20.3 Å². The van der Waals surface area contributed by atoms with E-state index in [9.17, 15) is 14.4 Å². The van der Waals surface area contributed by atoms with E-state index in [2.05, 4.69) is 15.8 Å². The molecular weight excluding hydrogens is 386 g/mol. The van der Waals surface area contributed by atoms with Crippen LogP contribution in [0.4, 0.5) is 5.69 Å². The van der Waals surface area contributed by atoms with Crippen molar-refractivity contribution in [2.75, 3.05) is 18.5 Å². The van der Waals surface area contributed by atoms with Gasteiger partial charge in [0.05, 0.1) is 17.7 Å². The minimum absolute atomic E-state index is 0.113. The molecular formula is C22H23N3O5. The Balaban J connectivity index is 1.54. The van der Waals surface area contributed by atoms with Gasteiger partial charge < -0.3 is 19.9 Å². The van der Waals surface area contributed by atoms with Crippen molar-refractivity contribution in [1.82, 2.24) is 10.5 Å². The Bertz CT molecular complexity index is 1060. The molecule has 0 aliphatic rings. The van der Waals surface area contributed by atoms with Crippen molar-refractivity contribution in [3.8, 4) is 0 Å². The van der Waals surface area contributed by atoms with Crippen molar-refractivity contribution in [3.63, 3.8) is 0 Å². The number of carbonyl (C=O) groups is 3. The average molecular weight is 409 g/mol. The van der Waals surface area contributed by atoms with Gasteiger partial charge in [-0.2, -0.15) is 0 Å². The Morgan fingerprint density at radius 1 is 1.07 bits per heavy atom. The number of benzene rings is 2. The zero-order valence-electron chi connectivity index (χ0n) is 16.8. The number of nitrogens with one attached hydrogen (secondary N) is 2. The number of para-hydroxylation sites is 2. The summed E-state index contributed by atoms with van der Waals surface area (Å²) in [5, 5.41) is 10.0. The van der Waals surface area contributed by atoms with E-state index in [1.807, 2.05) is 19.9 Å². The SMILES string of the molecule is CC(C)CNC(=O)c1ccccc1NC(=O)COC(=O)Cc1noc2ccccc12. The van der Waals surface area contributed by atoms with Gasteiger partial charge in [0.15, 0.2) is 12.2 Å². The second-order valence-electron chi connectivity index (χ2n) is 7.16. The second-order valence-corrected chi connectivity index (χ2v) is 7.16. The van der Waals surface area contributed by atoms with Gasteiger partial charge in [-0.15, -0.1) is 0 Å². The number of hydrogen-bond acceptors (Lipinski definition) is 6. The molecule has 0 radical (unpaired) electrons. The first-order valence-electron chi connectivity index (χ1n) is 9.60. The average Bonchev–Trinajstić information content (AvgIpc) is 3.14. The molecule has 0 bridgehead atoms. The van der Waals surface area contributed by atoms with Gasteiger partial charge in [-0.3, -0.25) is 14.4 Å². The van der Waals surface area contributed by atoms with E-state index in [-0.39, 0.29) is 12.3 Å². The Morgan fingerprint density at radius 3 is 2.60 bits per heavy atom. The summed E-state index contributed by atoms with van der Waals surface area (Å²) in [7, 11) is 0. The highest BCUT2D eigenvalue weighted by atomic mass is 16.5. The van der Waals surface area contributed by atoms with Gasteiger partial charge in [0, 0.05) is 11.9 Å². The van der Waals surface area contributed by atoms with Gasteiger partial charge in [0.1, 0.15) is 5.69 Å². The van der Waals surface area contributed by atoms with Crippen LogP contribution in [0.15, 0.2) is 53.1 Å². The van der Waals surface area contributed by atoms with Gasteiger partial charge in [0.25, 0.3) is 11.8 Å². The third kappa shape index (κ3) is 5.44. The van der Waals surface area contributed by atoms with Crippen LogP contribution < -0.4 is 10.6 Å². The summed E-state index contributed by atoms with van der Waals surface area (Å²) >= 11 is 0. The maximum Gasteiger partial charge on any atom is 0.312 e. The smallest absolute Gasteiger partial charge is 0.312 e. The van der Waals surface area contributed by atoms with E-state index in [4.69, 9.17) is 9.26 Å². The van der Waals surface area contributed by atoms with Gasteiger partial charge in [-0.25, -0.2) is 0 Å². The van der Waals surface area contributed by atoms with Gasteiger partial charge in [0.2, 0.25) is 0 Å². The highest BCUT2D eigenvalue weighted by Crippen LogP contribution is 2.18. The molecule has 0 aliphatic carbocycles. The van der Waals surface area contributed by atoms with Crippen LogP contribution in [0, 0.1) is 5.92 Å². The number of anilines is 1. The second kappa shape index (κ2) is 9.69. The molecule has 1 aromatic heterocycles. The molecule has 0 unspecified atom stereocenters. The molecule has 3 aromatic rings. The lowest BCUT2D eigenvalue weighted by atomic mass is 10.1. The molecule has 8 nitrogen and oxygen atoms in total. The van der Waals surface area contributed by atoms with Gasteiger partial charge in [-0.05, 0) is 30.2 Å². The molecule has 30 heavy (non-hydrogen) atoms. The number of hydrogen-bond donors (Lipinski definition) is 2. The number of aromatic nitrogens is 1. The lowest BCUT2D eigenvalue weighted by molar-refractivity contribution is -0.146. The summed E-state index contributed by atoms with van der Waals surface area (Å²) in [5.41, 5.74) is 1.71. The quantitative estimate of drug-likeness (QED) is 0.554. The molecule has 0 fully saturated rings. The largest absolute Gasteiger partial charge is 0.455 e. The predicted molar refractivity (Wildman–Crippen MR) is 111 cm³/mol. The van der Waals surface area contributed by atoms with Crippen molar-refractivity contribution in [2.24, 2.45) is 5.92 Å². The summed E-state index contributed by atoms with van der Waals surface area (Å²) in [5.74, 6) is -1.13. The molecule has 1 heterocycles. The lowest BCUT2D eigenvalue weighted by Gasteiger charge is -2.12. The number of rotatable bonds is 8. The first kappa shape index (κ1) is 21.0. The maximum atomic E-state index is 12.3. The summed E-state index contributed by atoms with van der Waals surface area (Å²) in [6.07, 6.45) is -0.113. The summed E-state index contributed by atoms with van der Waals surface area (Å²) in [6, 6.07) is 13.8. The Hall–Kier alpha value is -3.68. The number of ether oxygens (including phenoxy) is 1. The summed E-state index contributed by atoms with van der Waals surface area (Å²) in [4.78, 5) is 36.6. The van der Waals surface area contributed by atoms with Gasteiger partial charge in [-0.1, -0.05) is 43.3 Å². The molecule has 8 heteroatoms. The van der Waals surface area contributed by atoms with Crippen molar-refractivity contribution in [1.29, 1.82) is 0 Å². The minimum Gasteiger partial charge on any atom is -0.455 e. The Kier molecular flexibility index (Phi) is 6.79. The summed E-state index contributed by atoms with van der Waals surface area (Å²) < 4.78 is 10.2. The topological polar surface area (TPSA) is 111 Å². The van der Waals surface area contributed by atoms with Crippen LogP contribution in [0.5, 0.6) is 0 Å². The van der Waals surface area contributed by atoms with E-state index in [1.165, 1.54) is 0 Å². The van der Waals surface area contributed by atoms with Crippen molar-refractivity contribution >= 4 is 34.4 Å². The van der Waals surface area contributed by atoms with Gasteiger partial charge >= 0.3 is 5.97 Å². The zero-order valence-corrected chi connectivity index (χ0v) is 16.8. The highest BCUT2D eigenvalue weighted by Gasteiger charge is 2.16. The highest BCUT2D eigenvalue weighted by molar-refractivity contribution is 6.04. The Labute approximate surface area is 173 Å². The zero-order chi connectivity index (χ0) is 21.5. The van der Waals surface area contributed by atoms with Crippen LogP contribution in [-0.2, 0) is 20.7 Å². The molecule has 0 spiro atoms. The van der Waals surface area contributed by atoms with Crippen LogP contribution in [0.3, 0.4) is 0 Å². The lowest BCUT2D eigenvalue weighted by Crippen LogP contribution is -2.29. The molecule has 0 saturated heterocycles. The van der Waals surface area contributed by atoms with E-state index < -0.39 is 18.5 Å². The third-order valence-electron chi connectivity index (χ3n) is 4.24. The normalized spacial score (nSPS) is 10.8. The third-order valence-corrected chi connectivity index (χ3v) is 4.24. The van der Waals surface area contributed by atoms with Crippen LogP contribution in [0.1, 0.15) is 29.9 Å². The number of carbonyl (C=O) groups excluding carboxylic acids is 3. The molecule has 0 atom stereocenters. The van der Waals surface area contributed by atoms with E-state index in [0.29, 0.717) is 35.0 Å². The fourth-order valence-electron chi connectivity index (χ4n) is 2.77. The van der Waals surface area contributed by atoms with Crippen LogP contribution in [-0.4, -0.2) is 36.1 Å². The van der Waals surface area contributed by atoms with E-state index in [1.54, 1.807) is 42.5 Å². The van der Waals surface area contributed by atoms with Crippen LogP contribution in [0.2, 0.25) is 0 Å². The maximum absolute atomic E-state index is 12.3. The van der Waals surface area contributed by atoms with Crippen LogP contribution >= 0.6 is 0 Å². The standard InChI is InChI=1S/C22H23N3O5/c1-14(2)12-23-22(28)16-8-3-5-9-17(16)24-20(26)13-29-21(27)11-18-15-7-4-6-10-19(15)30-25-18/h3-10,14H,11-13H2,1-2H3,(H,23,28)(H,24,26). The number of fused-ring (bicyclic) bond motifs is 1. The first-order chi connectivity index (χ1) is 14.4. The number of esters is 1. The molecule has 3 rings (SSSR count). The molecule has 2 amide bonds. The number of nitrogens with zero attached hydrogens (tertiary/aromatic N) is 1. The molecule has 2 aromatic carbocycles. The Morgan fingerprint density at radius 2 is 1.80 bits per heavy atom. The predicted octanol–water partition coefficient (Wildman–Crippen LogP) is 2.94.